The number of likely N-dealkylation sites (N-methyl/N-ethyl adjacent to an activating group) is 1. The molecule has 0 saturated carbocycles. The molecule has 2 N–H and O–H groups in total. The summed E-state index contributed by atoms with van der Waals surface area (Å²) < 4.78 is 23.2. The summed E-state index contributed by atoms with van der Waals surface area (Å²) in [5, 5.41) is 13.8. The topological polar surface area (TPSA) is 108 Å². The van der Waals surface area contributed by atoms with E-state index in [9.17, 15) is 19.4 Å². The van der Waals surface area contributed by atoms with Crippen LogP contribution in [0.1, 0.15) is 271 Å². The predicted octanol–water partition coefficient (Wildman–Crippen LogP) is 16.4. The van der Waals surface area contributed by atoms with Gasteiger partial charge in [0, 0.05) is 6.42 Å². The molecule has 9 heteroatoms. The van der Waals surface area contributed by atoms with Crippen LogP contribution < -0.4 is 10.2 Å². The number of carbonyl (C=O) groups excluding carboxylic acids is 1. The van der Waals surface area contributed by atoms with Crippen LogP contribution in [0.3, 0.4) is 0 Å². The van der Waals surface area contributed by atoms with Crippen molar-refractivity contribution < 1.29 is 32.9 Å². The number of hydrogen-bond acceptors (Lipinski definition) is 6. The number of amides is 1. The van der Waals surface area contributed by atoms with E-state index in [2.05, 4.69) is 43.5 Å². The Kier molecular flexibility index (Phi) is 47.8. The molecule has 0 radical (unpaired) electrons. The van der Waals surface area contributed by atoms with Crippen LogP contribution in [0.25, 0.3) is 0 Å². The first kappa shape index (κ1) is 64.7. The van der Waals surface area contributed by atoms with Crippen molar-refractivity contribution >= 4 is 13.7 Å². The van der Waals surface area contributed by atoms with Gasteiger partial charge in [-0.2, -0.15) is 0 Å². The van der Waals surface area contributed by atoms with Crippen molar-refractivity contribution in [2.75, 3.05) is 40.9 Å². The Balaban J connectivity index is 3.86. The third-order valence-electron chi connectivity index (χ3n) is 12.8. The second-order valence-corrected chi connectivity index (χ2v) is 22.1. The molecule has 0 heterocycles. The van der Waals surface area contributed by atoms with Crippen LogP contribution in [-0.2, 0) is 18.4 Å². The second kappa shape index (κ2) is 48.7. The summed E-state index contributed by atoms with van der Waals surface area (Å²) in [6, 6.07) is -0.882. The number of nitrogens with zero attached hydrogens (tertiary/aromatic N) is 1. The molecule has 0 aliphatic carbocycles. The second-order valence-electron chi connectivity index (χ2n) is 20.6. The molecule has 66 heavy (non-hydrogen) atoms. The lowest BCUT2D eigenvalue weighted by atomic mass is 10.0. The van der Waals surface area contributed by atoms with Crippen LogP contribution in [-0.4, -0.2) is 68.5 Å². The molecule has 1 amide bonds. The number of unbranched alkanes of at least 4 members (excludes halogenated alkanes) is 35. The minimum absolute atomic E-state index is 0.000388. The van der Waals surface area contributed by atoms with E-state index in [0.29, 0.717) is 17.4 Å². The van der Waals surface area contributed by atoms with Gasteiger partial charge >= 0.3 is 0 Å². The fourth-order valence-electron chi connectivity index (χ4n) is 8.36. The number of quaternary nitrogens is 1. The highest BCUT2D eigenvalue weighted by Crippen LogP contribution is 2.38. The molecule has 390 valence electrons. The zero-order valence-corrected chi connectivity index (χ0v) is 45.3. The molecule has 0 aromatic carbocycles. The molecule has 3 atom stereocenters. The number of aliphatic hydroxyl groups excluding tert-OH is 1. The lowest BCUT2D eigenvalue weighted by Crippen LogP contribution is -2.45. The van der Waals surface area contributed by atoms with Gasteiger partial charge in [0.15, 0.2) is 0 Å². The molecule has 0 bridgehead atoms. The summed E-state index contributed by atoms with van der Waals surface area (Å²) in [6.45, 7) is 4.62. The summed E-state index contributed by atoms with van der Waals surface area (Å²) in [5.74, 6) is -0.196. The highest BCUT2D eigenvalue weighted by Gasteiger charge is 2.23. The van der Waals surface area contributed by atoms with Gasteiger partial charge in [0.25, 0.3) is 7.82 Å². The minimum Gasteiger partial charge on any atom is -0.756 e. The van der Waals surface area contributed by atoms with Crippen molar-refractivity contribution in [3.05, 3.63) is 36.5 Å². The molecule has 0 spiro atoms. The highest BCUT2D eigenvalue weighted by molar-refractivity contribution is 7.45. The molecule has 0 rings (SSSR count). The van der Waals surface area contributed by atoms with E-state index in [1.165, 1.54) is 205 Å². The first-order valence-electron chi connectivity index (χ1n) is 28.4. The molecular formula is C57H111N2O6P. The van der Waals surface area contributed by atoms with Crippen molar-refractivity contribution in [3.63, 3.8) is 0 Å². The maximum Gasteiger partial charge on any atom is 0.268 e. The summed E-state index contributed by atoms with van der Waals surface area (Å²) in [7, 11) is 1.27. The summed E-state index contributed by atoms with van der Waals surface area (Å²) >= 11 is 0. The first-order chi connectivity index (χ1) is 32.0. The quantitative estimate of drug-likeness (QED) is 0.0272. The van der Waals surface area contributed by atoms with Crippen molar-refractivity contribution in [2.24, 2.45) is 0 Å². The summed E-state index contributed by atoms with van der Waals surface area (Å²) in [6.07, 6.45) is 62.5. The maximum absolute atomic E-state index is 12.9. The Bertz CT molecular complexity index is 1170. The van der Waals surface area contributed by atoms with Crippen LogP contribution in [0.2, 0.25) is 0 Å². The summed E-state index contributed by atoms with van der Waals surface area (Å²) in [4.78, 5) is 25.3. The Morgan fingerprint density at radius 3 is 1.26 bits per heavy atom. The van der Waals surface area contributed by atoms with Crippen molar-refractivity contribution in [2.45, 2.75) is 283 Å². The zero-order valence-electron chi connectivity index (χ0n) is 44.4. The number of allylic oxidation sites excluding steroid dienone is 5. The van der Waals surface area contributed by atoms with E-state index in [0.717, 1.165) is 44.9 Å². The fraction of sp³-hybridized carbons (Fsp3) is 0.877. The number of nitrogens with one attached hydrogen (secondary N) is 1. The van der Waals surface area contributed by atoms with Crippen molar-refractivity contribution in [3.8, 4) is 0 Å². The zero-order chi connectivity index (χ0) is 48.5. The number of hydrogen-bond donors (Lipinski definition) is 2. The highest BCUT2D eigenvalue weighted by atomic mass is 31.2. The van der Waals surface area contributed by atoms with Crippen LogP contribution in [0, 0.1) is 0 Å². The Labute approximate surface area is 410 Å². The number of carbonyl (C=O) groups is 1. The molecule has 0 aliphatic rings. The van der Waals surface area contributed by atoms with Crippen LogP contribution in [0.15, 0.2) is 36.5 Å². The first-order valence-corrected chi connectivity index (χ1v) is 29.8. The van der Waals surface area contributed by atoms with Crippen LogP contribution in [0.4, 0.5) is 0 Å². The fourth-order valence-corrected chi connectivity index (χ4v) is 9.08. The molecule has 0 saturated heterocycles. The van der Waals surface area contributed by atoms with Gasteiger partial charge in [0.05, 0.1) is 39.9 Å². The maximum atomic E-state index is 12.9. The lowest BCUT2D eigenvalue weighted by molar-refractivity contribution is -0.870. The summed E-state index contributed by atoms with van der Waals surface area (Å²) in [5.41, 5.74) is 0. The Morgan fingerprint density at radius 1 is 0.530 bits per heavy atom. The van der Waals surface area contributed by atoms with E-state index in [1.807, 2.05) is 27.2 Å². The van der Waals surface area contributed by atoms with Gasteiger partial charge in [0.2, 0.25) is 5.91 Å². The number of rotatable bonds is 52. The Morgan fingerprint density at radius 2 is 0.879 bits per heavy atom. The lowest BCUT2D eigenvalue weighted by Gasteiger charge is -2.29. The largest absolute Gasteiger partial charge is 0.756 e. The van der Waals surface area contributed by atoms with E-state index >= 15 is 0 Å². The van der Waals surface area contributed by atoms with Gasteiger partial charge in [-0.1, -0.05) is 249 Å². The third-order valence-corrected chi connectivity index (χ3v) is 13.8. The SMILES string of the molecule is CCCCCCC/C=C\C/C=C\CCCCCCCCCCCCCCCCCCCCCCCCCC(=O)NC(COP(=O)([O-])OCC[N+](C)(C)C)C(O)/C=C/CCCCCCCCC. The van der Waals surface area contributed by atoms with Gasteiger partial charge in [-0.15, -0.1) is 0 Å². The smallest absolute Gasteiger partial charge is 0.268 e. The molecule has 8 nitrogen and oxygen atoms in total. The average molecular weight is 951 g/mol. The number of phosphoric ester groups is 1. The standard InChI is InChI=1S/C57H111N2O6P/c1-6-8-10-12-14-16-17-18-19-20-21-22-23-24-25-26-27-28-29-30-31-32-33-34-35-36-37-38-39-40-41-43-45-47-49-51-57(61)58-55(54-65-66(62,63)64-53-52-59(3,4)5)56(60)50-48-46-44-42-15-13-11-9-7-2/h17-18,20-21,48,50,55-56,60H,6-16,19,22-47,49,51-54H2,1-5H3,(H-,58,61,62,63)/b18-17-,21-20-,50-48+. The predicted molar refractivity (Wildman–Crippen MR) is 284 cm³/mol. The normalized spacial score (nSPS) is 14.2. The van der Waals surface area contributed by atoms with Gasteiger partial charge in [-0.3, -0.25) is 9.36 Å². The van der Waals surface area contributed by atoms with Gasteiger partial charge in [-0.05, 0) is 51.4 Å². The van der Waals surface area contributed by atoms with Crippen LogP contribution >= 0.6 is 7.82 Å². The van der Waals surface area contributed by atoms with Crippen molar-refractivity contribution in [1.29, 1.82) is 0 Å². The minimum atomic E-state index is -4.58. The molecule has 0 fully saturated rings. The van der Waals surface area contributed by atoms with Gasteiger partial charge in [0.1, 0.15) is 13.2 Å². The van der Waals surface area contributed by atoms with E-state index < -0.39 is 20.0 Å². The molecule has 3 unspecified atom stereocenters. The van der Waals surface area contributed by atoms with Crippen LogP contribution in [0.5, 0.6) is 0 Å². The average Bonchev–Trinajstić information content (AvgIpc) is 3.28. The number of aliphatic hydroxyl groups is 1. The molecule has 0 aliphatic heterocycles. The number of phosphoric acid groups is 1. The Hall–Kier alpha value is -1.28. The molecule has 0 aromatic rings. The third kappa shape index (κ3) is 50.6. The molecule has 0 aromatic heterocycles. The monoisotopic (exact) mass is 951 g/mol. The van der Waals surface area contributed by atoms with E-state index in [4.69, 9.17) is 9.05 Å². The van der Waals surface area contributed by atoms with E-state index in [1.54, 1.807) is 6.08 Å². The van der Waals surface area contributed by atoms with Crippen molar-refractivity contribution in [1.82, 2.24) is 5.32 Å². The van der Waals surface area contributed by atoms with Gasteiger partial charge in [-0.25, -0.2) is 0 Å². The van der Waals surface area contributed by atoms with Gasteiger partial charge < -0.3 is 28.8 Å². The molecular weight excluding hydrogens is 840 g/mol. The van der Waals surface area contributed by atoms with E-state index in [-0.39, 0.29) is 19.1 Å².